The topological polar surface area (TPSA) is 72.6 Å². The van der Waals surface area contributed by atoms with Gasteiger partial charge in [0.05, 0.1) is 7.11 Å². The SMILES string of the molecule is CCc1cc(CC(N)C(=O)O)cc(C(C)C)c1OC. The number of rotatable bonds is 6. The van der Waals surface area contributed by atoms with E-state index < -0.39 is 12.0 Å². The maximum Gasteiger partial charge on any atom is 0.320 e. The van der Waals surface area contributed by atoms with E-state index in [1.807, 2.05) is 12.1 Å². The molecular weight excluding hydrogens is 242 g/mol. The van der Waals surface area contributed by atoms with Crippen molar-refractivity contribution >= 4 is 5.97 Å². The van der Waals surface area contributed by atoms with Gasteiger partial charge in [0.25, 0.3) is 0 Å². The summed E-state index contributed by atoms with van der Waals surface area (Å²) >= 11 is 0. The molecule has 1 unspecified atom stereocenters. The number of aryl methyl sites for hydroxylation is 1. The number of carbonyl (C=O) groups is 1. The minimum absolute atomic E-state index is 0.321. The number of nitrogens with two attached hydrogens (primary N) is 1. The maximum atomic E-state index is 10.9. The molecule has 0 bridgehead atoms. The van der Waals surface area contributed by atoms with E-state index in [0.29, 0.717) is 12.3 Å². The second kappa shape index (κ2) is 6.57. The van der Waals surface area contributed by atoms with Gasteiger partial charge in [-0.3, -0.25) is 4.79 Å². The van der Waals surface area contributed by atoms with Crippen molar-refractivity contribution in [1.82, 2.24) is 0 Å². The zero-order valence-corrected chi connectivity index (χ0v) is 12.1. The second-order valence-corrected chi connectivity index (χ2v) is 5.03. The molecule has 0 aliphatic rings. The Morgan fingerprint density at radius 2 is 2.05 bits per heavy atom. The van der Waals surface area contributed by atoms with E-state index in [-0.39, 0.29) is 0 Å². The van der Waals surface area contributed by atoms with Gasteiger partial charge in [-0.2, -0.15) is 0 Å². The summed E-state index contributed by atoms with van der Waals surface area (Å²) in [5, 5.41) is 8.90. The molecule has 1 atom stereocenters. The van der Waals surface area contributed by atoms with Gasteiger partial charge < -0.3 is 15.6 Å². The monoisotopic (exact) mass is 265 g/mol. The molecule has 106 valence electrons. The number of carboxylic acids is 1. The first-order valence-corrected chi connectivity index (χ1v) is 6.58. The van der Waals surface area contributed by atoms with Gasteiger partial charge >= 0.3 is 5.97 Å². The van der Waals surface area contributed by atoms with Crippen LogP contribution in [0.1, 0.15) is 43.4 Å². The van der Waals surface area contributed by atoms with E-state index in [1.54, 1.807) is 7.11 Å². The van der Waals surface area contributed by atoms with Crippen molar-refractivity contribution in [1.29, 1.82) is 0 Å². The van der Waals surface area contributed by atoms with E-state index in [1.165, 1.54) is 0 Å². The molecule has 0 heterocycles. The van der Waals surface area contributed by atoms with Gasteiger partial charge in [0.15, 0.2) is 0 Å². The van der Waals surface area contributed by atoms with Gasteiger partial charge in [-0.1, -0.05) is 32.9 Å². The molecule has 1 aromatic carbocycles. The van der Waals surface area contributed by atoms with Crippen LogP contribution in [0.3, 0.4) is 0 Å². The molecule has 0 aromatic heterocycles. The fourth-order valence-electron chi connectivity index (χ4n) is 2.18. The summed E-state index contributed by atoms with van der Waals surface area (Å²) in [5.74, 6) is 0.256. The van der Waals surface area contributed by atoms with Crippen LogP contribution in [0.5, 0.6) is 5.75 Å². The average molecular weight is 265 g/mol. The highest BCUT2D eigenvalue weighted by atomic mass is 16.5. The number of aliphatic carboxylic acids is 1. The summed E-state index contributed by atoms with van der Waals surface area (Å²) in [4.78, 5) is 10.9. The van der Waals surface area contributed by atoms with Crippen LogP contribution >= 0.6 is 0 Å². The smallest absolute Gasteiger partial charge is 0.320 e. The number of ether oxygens (including phenoxy) is 1. The predicted molar refractivity (Wildman–Crippen MR) is 75.8 cm³/mol. The summed E-state index contributed by atoms with van der Waals surface area (Å²) in [7, 11) is 1.67. The highest BCUT2D eigenvalue weighted by molar-refractivity contribution is 5.73. The summed E-state index contributed by atoms with van der Waals surface area (Å²) in [6.45, 7) is 6.25. The van der Waals surface area contributed by atoms with Crippen LogP contribution in [0.4, 0.5) is 0 Å². The summed E-state index contributed by atoms with van der Waals surface area (Å²) in [6, 6.07) is 3.14. The average Bonchev–Trinajstić information content (AvgIpc) is 2.37. The van der Waals surface area contributed by atoms with Gasteiger partial charge in [-0.25, -0.2) is 0 Å². The van der Waals surface area contributed by atoms with E-state index in [9.17, 15) is 4.79 Å². The Balaban J connectivity index is 3.21. The Morgan fingerprint density at radius 1 is 1.42 bits per heavy atom. The van der Waals surface area contributed by atoms with Crippen LogP contribution < -0.4 is 10.5 Å². The molecule has 0 fully saturated rings. The van der Waals surface area contributed by atoms with Crippen LogP contribution in [0, 0.1) is 0 Å². The van der Waals surface area contributed by atoms with Crippen molar-refractivity contribution in [2.75, 3.05) is 7.11 Å². The molecular formula is C15H23NO3. The number of methoxy groups -OCH3 is 1. The van der Waals surface area contributed by atoms with Crippen molar-refractivity contribution < 1.29 is 14.6 Å². The lowest BCUT2D eigenvalue weighted by molar-refractivity contribution is -0.138. The highest BCUT2D eigenvalue weighted by Crippen LogP contribution is 2.32. The molecule has 0 aliphatic heterocycles. The first kappa shape index (κ1) is 15.5. The largest absolute Gasteiger partial charge is 0.496 e. The van der Waals surface area contributed by atoms with Gasteiger partial charge in [0.2, 0.25) is 0 Å². The van der Waals surface area contributed by atoms with E-state index >= 15 is 0 Å². The minimum Gasteiger partial charge on any atom is -0.496 e. The lowest BCUT2D eigenvalue weighted by Gasteiger charge is -2.18. The molecule has 0 spiro atoms. The Morgan fingerprint density at radius 3 is 2.47 bits per heavy atom. The quantitative estimate of drug-likeness (QED) is 0.828. The van der Waals surface area contributed by atoms with Gasteiger partial charge in [-0.15, -0.1) is 0 Å². The van der Waals surface area contributed by atoms with Gasteiger partial charge in [-0.05, 0) is 35.4 Å². The van der Waals surface area contributed by atoms with Crippen molar-refractivity contribution in [2.45, 2.75) is 45.6 Å². The third kappa shape index (κ3) is 3.70. The minimum atomic E-state index is -0.972. The molecule has 1 aromatic rings. The lowest BCUT2D eigenvalue weighted by atomic mass is 9.93. The number of carboxylic acid groups (broad SMARTS) is 1. The number of hydrogen-bond donors (Lipinski definition) is 2. The normalized spacial score (nSPS) is 12.5. The van der Waals surface area contributed by atoms with Crippen molar-refractivity contribution in [3.63, 3.8) is 0 Å². The Labute approximate surface area is 114 Å². The highest BCUT2D eigenvalue weighted by Gasteiger charge is 2.17. The van der Waals surface area contributed by atoms with Gasteiger partial charge in [0.1, 0.15) is 11.8 Å². The number of hydrogen-bond acceptors (Lipinski definition) is 3. The zero-order valence-electron chi connectivity index (χ0n) is 12.1. The Hall–Kier alpha value is -1.55. The van der Waals surface area contributed by atoms with Crippen molar-refractivity contribution in [2.24, 2.45) is 5.73 Å². The number of benzene rings is 1. The van der Waals surface area contributed by atoms with E-state index in [0.717, 1.165) is 28.9 Å². The predicted octanol–water partition coefficient (Wildman–Crippen LogP) is 2.34. The van der Waals surface area contributed by atoms with E-state index in [4.69, 9.17) is 15.6 Å². The molecule has 3 N–H and O–H groups in total. The van der Waals surface area contributed by atoms with Crippen LogP contribution in [-0.2, 0) is 17.6 Å². The Bertz CT molecular complexity index is 455. The molecule has 0 saturated heterocycles. The molecule has 0 amide bonds. The molecule has 0 saturated carbocycles. The fourth-order valence-corrected chi connectivity index (χ4v) is 2.18. The van der Waals surface area contributed by atoms with Crippen LogP contribution in [0.2, 0.25) is 0 Å². The van der Waals surface area contributed by atoms with Crippen molar-refractivity contribution in [3.8, 4) is 5.75 Å². The van der Waals surface area contributed by atoms with Crippen molar-refractivity contribution in [3.05, 3.63) is 28.8 Å². The third-order valence-corrected chi connectivity index (χ3v) is 3.23. The standard InChI is InChI=1S/C15H23NO3/c1-5-11-6-10(8-13(16)15(17)18)7-12(9(2)3)14(11)19-4/h6-7,9,13H,5,8,16H2,1-4H3,(H,17,18). The Kier molecular flexibility index (Phi) is 5.36. The zero-order chi connectivity index (χ0) is 14.6. The third-order valence-electron chi connectivity index (χ3n) is 3.23. The summed E-state index contributed by atoms with van der Waals surface area (Å²) in [6.07, 6.45) is 1.19. The summed E-state index contributed by atoms with van der Waals surface area (Å²) in [5.41, 5.74) is 8.77. The molecule has 4 nitrogen and oxygen atoms in total. The molecule has 1 rings (SSSR count). The molecule has 0 radical (unpaired) electrons. The maximum absolute atomic E-state index is 10.9. The first-order valence-electron chi connectivity index (χ1n) is 6.58. The molecule has 4 heteroatoms. The fraction of sp³-hybridized carbons (Fsp3) is 0.533. The van der Waals surface area contributed by atoms with Crippen LogP contribution in [-0.4, -0.2) is 24.2 Å². The van der Waals surface area contributed by atoms with Gasteiger partial charge in [0, 0.05) is 0 Å². The lowest BCUT2D eigenvalue weighted by Crippen LogP contribution is -2.32. The van der Waals surface area contributed by atoms with Crippen LogP contribution in [0.15, 0.2) is 12.1 Å². The first-order chi connectivity index (χ1) is 8.90. The molecule has 19 heavy (non-hydrogen) atoms. The second-order valence-electron chi connectivity index (χ2n) is 5.03. The van der Waals surface area contributed by atoms with Crippen LogP contribution in [0.25, 0.3) is 0 Å². The summed E-state index contributed by atoms with van der Waals surface area (Å²) < 4.78 is 5.49. The van der Waals surface area contributed by atoms with E-state index in [2.05, 4.69) is 20.8 Å². The molecule has 0 aliphatic carbocycles.